The largest absolute Gasteiger partial charge is 0.486 e. The number of amides is 1. The Morgan fingerprint density at radius 3 is 2.71 bits per heavy atom. The summed E-state index contributed by atoms with van der Waals surface area (Å²) < 4.78 is 7.95. The molecule has 1 amide bonds. The molecule has 7 nitrogen and oxygen atoms in total. The first-order chi connectivity index (χ1) is 14.9. The summed E-state index contributed by atoms with van der Waals surface area (Å²) in [7, 11) is 1.90. The number of carbonyl (C=O) groups is 1. The van der Waals surface area contributed by atoms with E-state index in [0.717, 1.165) is 5.82 Å². The third-order valence-corrected chi connectivity index (χ3v) is 7.01. The zero-order valence-electron chi connectivity index (χ0n) is 17.5. The maximum absolute atomic E-state index is 13.4. The molecule has 8 heteroatoms. The van der Waals surface area contributed by atoms with Gasteiger partial charge in [0.1, 0.15) is 23.2 Å². The topological polar surface area (TPSA) is 80.5 Å². The number of aromatic nitrogens is 3. The number of aliphatic hydroxyl groups excluding tert-OH is 1. The fourth-order valence-corrected chi connectivity index (χ4v) is 5.10. The average molecular weight is 441 g/mol. The van der Waals surface area contributed by atoms with Crippen LogP contribution in [0.1, 0.15) is 29.0 Å². The molecule has 2 aliphatic rings. The van der Waals surface area contributed by atoms with Crippen LogP contribution in [0, 0.1) is 18.8 Å². The Labute approximate surface area is 185 Å². The molecule has 1 saturated heterocycles. The highest BCUT2D eigenvalue weighted by Crippen LogP contribution is 2.39. The molecule has 4 atom stereocenters. The predicted molar refractivity (Wildman–Crippen MR) is 117 cm³/mol. The van der Waals surface area contributed by atoms with Gasteiger partial charge in [-0.15, -0.1) is 0 Å². The SMILES string of the molecule is Cc1nc2c(C(=O)N3C[C@H]4C[C@@H](Oc5ccccc5Cl)[C@H](O)C[C@H]4C3)ccnc2n1C. The minimum absolute atomic E-state index is 0.0297. The van der Waals surface area contributed by atoms with Crippen molar-refractivity contribution in [3.63, 3.8) is 0 Å². The van der Waals surface area contributed by atoms with Crippen LogP contribution in [0.3, 0.4) is 0 Å². The van der Waals surface area contributed by atoms with Gasteiger partial charge in [-0.3, -0.25) is 4.79 Å². The van der Waals surface area contributed by atoms with E-state index < -0.39 is 6.10 Å². The summed E-state index contributed by atoms with van der Waals surface area (Å²) in [5, 5.41) is 11.2. The van der Waals surface area contributed by atoms with Crippen molar-refractivity contribution in [1.82, 2.24) is 19.4 Å². The van der Waals surface area contributed by atoms with E-state index in [1.807, 2.05) is 41.6 Å². The maximum Gasteiger partial charge on any atom is 0.256 e. The molecule has 1 aliphatic heterocycles. The highest BCUT2D eigenvalue weighted by Gasteiger charge is 2.44. The lowest BCUT2D eigenvalue weighted by atomic mass is 9.78. The van der Waals surface area contributed by atoms with Crippen molar-refractivity contribution in [2.75, 3.05) is 13.1 Å². The number of pyridine rings is 1. The molecule has 3 aromatic rings. The van der Waals surface area contributed by atoms with Gasteiger partial charge in [0, 0.05) is 26.3 Å². The summed E-state index contributed by atoms with van der Waals surface area (Å²) >= 11 is 6.22. The number of ether oxygens (including phenoxy) is 1. The molecule has 5 rings (SSSR count). The minimum atomic E-state index is -0.585. The van der Waals surface area contributed by atoms with E-state index in [1.54, 1.807) is 18.3 Å². The smallest absolute Gasteiger partial charge is 0.256 e. The second-order valence-electron chi connectivity index (χ2n) is 8.60. The molecule has 2 aromatic heterocycles. The van der Waals surface area contributed by atoms with E-state index in [1.165, 1.54) is 0 Å². The predicted octanol–water partition coefficient (Wildman–Crippen LogP) is 3.22. The molecule has 0 unspecified atom stereocenters. The highest BCUT2D eigenvalue weighted by molar-refractivity contribution is 6.32. The van der Waals surface area contributed by atoms with Crippen molar-refractivity contribution in [2.24, 2.45) is 18.9 Å². The van der Waals surface area contributed by atoms with Crippen LogP contribution in [0.2, 0.25) is 5.02 Å². The van der Waals surface area contributed by atoms with Crippen LogP contribution in [0.4, 0.5) is 0 Å². The molecule has 3 heterocycles. The first-order valence-electron chi connectivity index (χ1n) is 10.6. The van der Waals surface area contributed by atoms with Crippen molar-refractivity contribution < 1.29 is 14.6 Å². The van der Waals surface area contributed by atoms with E-state index in [4.69, 9.17) is 16.3 Å². The summed E-state index contributed by atoms with van der Waals surface area (Å²) in [5.41, 5.74) is 1.93. The number of imidazole rings is 1. The molecule has 2 fully saturated rings. The van der Waals surface area contributed by atoms with Gasteiger partial charge in [-0.25, -0.2) is 9.97 Å². The quantitative estimate of drug-likeness (QED) is 0.676. The summed E-state index contributed by atoms with van der Waals surface area (Å²) in [6, 6.07) is 9.05. The molecule has 0 radical (unpaired) electrons. The first-order valence-corrected chi connectivity index (χ1v) is 11.0. The second-order valence-corrected chi connectivity index (χ2v) is 9.01. The van der Waals surface area contributed by atoms with Gasteiger partial charge in [0.25, 0.3) is 5.91 Å². The third-order valence-electron chi connectivity index (χ3n) is 6.70. The van der Waals surface area contributed by atoms with Crippen LogP contribution in [-0.4, -0.2) is 55.7 Å². The first kappa shape index (κ1) is 20.3. The van der Waals surface area contributed by atoms with Crippen LogP contribution in [0.15, 0.2) is 36.5 Å². The summed E-state index contributed by atoms with van der Waals surface area (Å²) in [6.07, 6.45) is 2.05. The van der Waals surface area contributed by atoms with Crippen LogP contribution in [-0.2, 0) is 7.05 Å². The number of halogens is 1. The van der Waals surface area contributed by atoms with Crippen LogP contribution in [0.25, 0.3) is 11.2 Å². The summed E-state index contributed by atoms with van der Waals surface area (Å²) in [6.45, 7) is 3.18. The average Bonchev–Trinajstić information content (AvgIpc) is 3.29. The van der Waals surface area contributed by atoms with E-state index in [-0.39, 0.29) is 23.8 Å². The van der Waals surface area contributed by atoms with E-state index in [0.29, 0.717) is 53.4 Å². The Kier molecular flexibility index (Phi) is 5.10. The monoisotopic (exact) mass is 440 g/mol. The molecule has 1 N–H and O–H groups in total. The Bertz CT molecular complexity index is 1150. The Morgan fingerprint density at radius 1 is 1.19 bits per heavy atom. The zero-order chi connectivity index (χ0) is 21.7. The number of rotatable bonds is 3. The molecule has 0 bridgehead atoms. The van der Waals surface area contributed by atoms with Gasteiger partial charge in [0.15, 0.2) is 5.65 Å². The molecular formula is C23H25ClN4O3. The lowest BCUT2D eigenvalue weighted by Gasteiger charge is -2.35. The number of carbonyl (C=O) groups excluding carboxylic acids is 1. The number of benzene rings is 1. The Balaban J connectivity index is 1.33. The zero-order valence-corrected chi connectivity index (χ0v) is 18.3. The normalized spacial score (nSPS) is 25.6. The standard InChI is InChI=1S/C23H25ClN4O3/c1-13-26-21-16(7-8-25-22(21)27(13)2)23(30)28-11-14-9-18(29)20(10-15(14)12-28)31-19-6-4-3-5-17(19)24/h3-8,14-15,18,20,29H,9-12H2,1-2H3/t14-,15+,18+,20+/m0/s1. The number of nitrogens with zero attached hydrogens (tertiary/aromatic N) is 4. The Hall–Kier alpha value is -2.64. The molecule has 31 heavy (non-hydrogen) atoms. The molecule has 1 aromatic carbocycles. The number of fused-ring (bicyclic) bond motifs is 2. The van der Waals surface area contributed by atoms with Crippen LogP contribution in [0.5, 0.6) is 5.75 Å². The number of hydrogen-bond donors (Lipinski definition) is 1. The third kappa shape index (κ3) is 3.55. The van der Waals surface area contributed by atoms with Crippen LogP contribution < -0.4 is 4.74 Å². The second kappa shape index (κ2) is 7.80. The highest BCUT2D eigenvalue weighted by atomic mass is 35.5. The number of aryl methyl sites for hydroxylation is 2. The minimum Gasteiger partial charge on any atom is -0.486 e. The molecular weight excluding hydrogens is 416 g/mol. The lowest BCUT2D eigenvalue weighted by molar-refractivity contribution is -0.0231. The van der Waals surface area contributed by atoms with E-state index >= 15 is 0 Å². The van der Waals surface area contributed by atoms with Gasteiger partial charge in [0.05, 0.1) is 16.7 Å². The van der Waals surface area contributed by atoms with Crippen molar-refractivity contribution in [3.8, 4) is 5.75 Å². The number of likely N-dealkylation sites (tertiary alicyclic amines) is 1. The number of para-hydroxylation sites is 1. The van der Waals surface area contributed by atoms with Gasteiger partial charge < -0.3 is 19.3 Å². The van der Waals surface area contributed by atoms with Gasteiger partial charge in [-0.2, -0.15) is 0 Å². The summed E-state index contributed by atoms with van der Waals surface area (Å²) in [4.78, 5) is 24.2. The molecule has 0 spiro atoms. The molecule has 1 saturated carbocycles. The van der Waals surface area contributed by atoms with E-state index in [9.17, 15) is 9.90 Å². The number of aliphatic hydroxyl groups is 1. The van der Waals surface area contributed by atoms with E-state index in [2.05, 4.69) is 9.97 Å². The fourth-order valence-electron chi connectivity index (χ4n) is 4.92. The Morgan fingerprint density at radius 2 is 1.94 bits per heavy atom. The van der Waals surface area contributed by atoms with Crippen molar-refractivity contribution in [2.45, 2.75) is 32.0 Å². The lowest BCUT2D eigenvalue weighted by Crippen LogP contribution is -2.42. The molecule has 1 aliphatic carbocycles. The van der Waals surface area contributed by atoms with Crippen molar-refractivity contribution >= 4 is 28.7 Å². The van der Waals surface area contributed by atoms with Gasteiger partial charge >= 0.3 is 0 Å². The maximum atomic E-state index is 13.4. The summed E-state index contributed by atoms with van der Waals surface area (Å²) in [5.74, 6) is 1.91. The van der Waals surface area contributed by atoms with Gasteiger partial charge in [-0.05, 0) is 49.8 Å². The molecule has 162 valence electrons. The number of hydrogen-bond acceptors (Lipinski definition) is 5. The fraction of sp³-hybridized carbons (Fsp3) is 0.435. The van der Waals surface area contributed by atoms with Crippen LogP contribution >= 0.6 is 11.6 Å². The van der Waals surface area contributed by atoms with Gasteiger partial charge in [0.2, 0.25) is 0 Å². The van der Waals surface area contributed by atoms with Crippen molar-refractivity contribution in [1.29, 1.82) is 0 Å². The van der Waals surface area contributed by atoms with Crippen molar-refractivity contribution in [3.05, 3.63) is 52.9 Å². The van der Waals surface area contributed by atoms with Gasteiger partial charge in [-0.1, -0.05) is 23.7 Å².